The van der Waals surface area contributed by atoms with Crippen LogP contribution >= 0.6 is 0 Å². The van der Waals surface area contributed by atoms with Crippen molar-refractivity contribution in [3.63, 3.8) is 0 Å². The number of aromatic carboxylic acids is 1. The van der Waals surface area contributed by atoms with Crippen LogP contribution in [0.25, 0.3) is 6.08 Å². The number of rotatable bonds is 5. The molecule has 0 fully saturated rings. The number of para-hydroxylation sites is 1. The Morgan fingerprint density at radius 3 is 2.19 bits per heavy atom. The van der Waals surface area contributed by atoms with Gasteiger partial charge in [-0.05, 0) is 52.4 Å². The van der Waals surface area contributed by atoms with Gasteiger partial charge < -0.3 is 5.11 Å². The van der Waals surface area contributed by atoms with E-state index in [9.17, 15) is 9.90 Å². The number of benzene rings is 3. The molecule has 1 N–H and O–H groups in total. The summed E-state index contributed by atoms with van der Waals surface area (Å²) in [5.41, 5.74) is 5.92. The van der Waals surface area contributed by atoms with Crippen LogP contribution in [0.15, 0.2) is 90.0 Å². The van der Waals surface area contributed by atoms with E-state index in [1.165, 1.54) is 5.56 Å². The van der Waals surface area contributed by atoms with Crippen LogP contribution in [0.1, 0.15) is 60.3 Å². The van der Waals surface area contributed by atoms with Crippen molar-refractivity contribution >= 4 is 23.4 Å². The van der Waals surface area contributed by atoms with Gasteiger partial charge in [0, 0.05) is 6.42 Å². The van der Waals surface area contributed by atoms with Crippen LogP contribution in [-0.4, -0.2) is 16.8 Å². The van der Waals surface area contributed by atoms with E-state index < -0.39 is 5.97 Å². The molecule has 3 aromatic carbocycles. The summed E-state index contributed by atoms with van der Waals surface area (Å²) >= 11 is 0. The first-order valence-electron chi connectivity index (χ1n) is 10.8. The zero-order chi connectivity index (χ0) is 22.7. The van der Waals surface area contributed by atoms with Crippen LogP contribution in [0.5, 0.6) is 0 Å². The second kappa shape index (κ2) is 8.83. The Morgan fingerprint density at radius 1 is 0.938 bits per heavy atom. The third-order valence-electron chi connectivity index (χ3n) is 5.74. The molecule has 0 amide bonds. The second-order valence-electron chi connectivity index (χ2n) is 9.12. The summed E-state index contributed by atoms with van der Waals surface area (Å²) in [6.07, 6.45) is 4.93. The van der Waals surface area contributed by atoms with E-state index in [4.69, 9.17) is 5.10 Å². The minimum atomic E-state index is -0.916. The fourth-order valence-electron chi connectivity index (χ4n) is 3.85. The normalized spacial score (nSPS) is 16.4. The molecule has 0 aliphatic carbocycles. The molecule has 162 valence electrons. The summed E-state index contributed by atoms with van der Waals surface area (Å²) in [6.45, 7) is 6.64. The van der Waals surface area contributed by atoms with Gasteiger partial charge in [0.1, 0.15) is 0 Å². The van der Waals surface area contributed by atoms with Crippen molar-refractivity contribution < 1.29 is 9.90 Å². The molecule has 1 aliphatic rings. The van der Waals surface area contributed by atoms with Crippen molar-refractivity contribution in [3.8, 4) is 0 Å². The Labute approximate surface area is 189 Å². The Morgan fingerprint density at radius 2 is 1.59 bits per heavy atom. The highest BCUT2D eigenvalue weighted by atomic mass is 16.4. The first-order valence-corrected chi connectivity index (χ1v) is 10.8. The van der Waals surface area contributed by atoms with Gasteiger partial charge in [0.15, 0.2) is 0 Å². The van der Waals surface area contributed by atoms with Crippen LogP contribution in [-0.2, 0) is 5.41 Å². The Balaban J connectivity index is 1.59. The maximum Gasteiger partial charge on any atom is 0.335 e. The molecular weight excluding hydrogens is 396 g/mol. The van der Waals surface area contributed by atoms with Crippen LogP contribution in [0.3, 0.4) is 0 Å². The first-order chi connectivity index (χ1) is 15.3. The molecule has 1 atom stereocenters. The average molecular weight is 425 g/mol. The summed E-state index contributed by atoms with van der Waals surface area (Å²) in [5, 5.41) is 16.1. The molecule has 3 aromatic rings. The summed E-state index contributed by atoms with van der Waals surface area (Å²) < 4.78 is 0. The summed E-state index contributed by atoms with van der Waals surface area (Å²) in [6, 6.07) is 25.8. The molecule has 0 saturated carbocycles. The highest BCUT2D eigenvalue weighted by molar-refractivity contribution is 6.01. The highest BCUT2D eigenvalue weighted by Gasteiger charge is 2.28. The fraction of sp³-hybridized carbons (Fsp3) is 0.214. The second-order valence-corrected chi connectivity index (χ2v) is 9.12. The number of allylic oxidation sites excluding steroid dienone is 1. The molecule has 0 bridgehead atoms. The van der Waals surface area contributed by atoms with Crippen molar-refractivity contribution in [2.75, 3.05) is 5.01 Å². The number of anilines is 1. The van der Waals surface area contributed by atoms with Crippen molar-refractivity contribution in [1.82, 2.24) is 0 Å². The molecule has 1 aliphatic heterocycles. The van der Waals surface area contributed by atoms with Crippen molar-refractivity contribution in [1.29, 1.82) is 0 Å². The largest absolute Gasteiger partial charge is 0.478 e. The molecule has 4 heteroatoms. The quantitative estimate of drug-likeness (QED) is 0.496. The maximum atomic E-state index is 11.2. The average Bonchev–Trinajstić information content (AvgIpc) is 3.22. The Kier molecular flexibility index (Phi) is 5.95. The van der Waals surface area contributed by atoms with Gasteiger partial charge in [-0.3, -0.25) is 5.01 Å². The van der Waals surface area contributed by atoms with Gasteiger partial charge in [0.25, 0.3) is 0 Å². The van der Waals surface area contributed by atoms with Gasteiger partial charge in [0.2, 0.25) is 0 Å². The lowest BCUT2D eigenvalue weighted by molar-refractivity contribution is 0.0697. The molecule has 0 radical (unpaired) electrons. The molecule has 4 nitrogen and oxygen atoms in total. The van der Waals surface area contributed by atoms with E-state index in [2.05, 4.69) is 57.2 Å². The third kappa shape index (κ3) is 4.80. The maximum absolute atomic E-state index is 11.2. The smallest absolute Gasteiger partial charge is 0.335 e. The number of nitrogens with zero attached hydrogens (tertiary/aromatic N) is 2. The highest BCUT2D eigenvalue weighted by Crippen LogP contribution is 2.35. The molecule has 32 heavy (non-hydrogen) atoms. The van der Waals surface area contributed by atoms with E-state index in [1.807, 2.05) is 47.5 Å². The van der Waals surface area contributed by atoms with Gasteiger partial charge in [-0.1, -0.05) is 81.4 Å². The van der Waals surface area contributed by atoms with Crippen molar-refractivity contribution in [2.24, 2.45) is 5.10 Å². The van der Waals surface area contributed by atoms with E-state index >= 15 is 0 Å². The minimum absolute atomic E-state index is 0.0168. The van der Waals surface area contributed by atoms with Crippen molar-refractivity contribution in [2.45, 2.75) is 38.6 Å². The summed E-state index contributed by atoms with van der Waals surface area (Å²) in [4.78, 5) is 11.2. The predicted molar refractivity (Wildman–Crippen MR) is 131 cm³/mol. The lowest BCUT2D eigenvalue weighted by Gasteiger charge is -2.24. The van der Waals surface area contributed by atoms with E-state index in [0.717, 1.165) is 28.9 Å². The third-order valence-corrected chi connectivity index (χ3v) is 5.74. The summed E-state index contributed by atoms with van der Waals surface area (Å²) in [5.74, 6) is -0.916. The van der Waals surface area contributed by atoms with Crippen LogP contribution < -0.4 is 5.01 Å². The number of hydrazone groups is 1. The van der Waals surface area contributed by atoms with Crippen LogP contribution in [0.4, 0.5) is 5.69 Å². The number of carboxylic acid groups (broad SMARTS) is 1. The molecular formula is C28H28N2O2. The van der Waals surface area contributed by atoms with E-state index in [-0.39, 0.29) is 17.0 Å². The van der Waals surface area contributed by atoms with Gasteiger partial charge >= 0.3 is 5.97 Å². The first kappa shape index (κ1) is 21.6. The van der Waals surface area contributed by atoms with Crippen LogP contribution in [0, 0.1) is 0 Å². The molecule has 0 spiro atoms. The zero-order valence-electron chi connectivity index (χ0n) is 18.7. The molecule has 0 aromatic heterocycles. The minimum Gasteiger partial charge on any atom is -0.478 e. The standard InChI is InChI=1S/C28H28N2O2/c1-28(2,3)23-16-9-20(10-17-23)11-18-24-19-26(21-12-14-22(15-13-21)27(31)32)30(29-24)25-7-5-4-6-8-25/h4-18,26H,19H2,1-3H3,(H,31,32). The number of carbonyl (C=O) groups is 1. The predicted octanol–water partition coefficient (Wildman–Crippen LogP) is 6.70. The SMILES string of the molecule is CC(C)(C)c1ccc(C=CC2=NN(c3ccccc3)C(c3ccc(C(=O)O)cc3)C2)cc1. The van der Waals surface area contributed by atoms with Gasteiger partial charge in [-0.15, -0.1) is 0 Å². The molecule has 1 unspecified atom stereocenters. The lowest BCUT2D eigenvalue weighted by atomic mass is 9.87. The monoisotopic (exact) mass is 424 g/mol. The number of hydrogen-bond donors (Lipinski definition) is 1. The fourth-order valence-corrected chi connectivity index (χ4v) is 3.85. The Bertz CT molecular complexity index is 1140. The summed E-state index contributed by atoms with van der Waals surface area (Å²) in [7, 11) is 0. The van der Waals surface area contributed by atoms with Crippen LogP contribution in [0.2, 0.25) is 0 Å². The molecule has 1 heterocycles. The molecule has 0 saturated heterocycles. The van der Waals surface area contributed by atoms with Gasteiger partial charge in [-0.25, -0.2) is 4.79 Å². The van der Waals surface area contributed by atoms with E-state index in [0.29, 0.717) is 0 Å². The zero-order valence-corrected chi connectivity index (χ0v) is 18.7. The topological polar surface area (TPSA) is 52.9 Å². The lowest BCUT2D eigenvalue weighted by Crippen LogP contribution is -2.18. The molecule has 4 rings (SSSR count). The number of carboxylic acids is 1. The van der Waals surface area contributed by atoms with Gasteiger partial charge in [-0.2, -0.15) is 5.10 Å². The van der Waals surface area contributed by atoms with Crippen molar-refractivity contribution in [3.05, 3.63) is 107 Å². The van der Waals surface area contributed by atoms with Gasteiger partial charge in [0.05, 0.1) is 23.0 Å². The van der Waals surface area contributed by atoms with E-state index in [1.54, 1.807) is 12.1 Å². The number of hydrogen-bond acceptors (Lipinski definition) is 3. The Hall–Kier alpha value is -3.66.